The van der Waals surface area contributed by atoms with Crippen molar-refractivity contribution in [2.24, 2.45) is 0 Å². The summed E-state index contributed by atoms with van der Waals surface area (Å²) in [5.74, 6) is 0. The van der Waals surface area contributed by atoms with E-state index in [0.717, 1.165) is 35.2 Å². The third-order valence-electron chi connectivity index (χ3n) is 3.44. The van der Waals surface area contributed by atoms with Crippen LogP contribution in [-0.4, -0.2) is 21.8 Å². The van der Waals surface area contributed by atoms with Gasteiger partial charge in [-0.2, -0.15) is 5.10 Å². The molecular weight excluding hydrogens is 316 g/mol. The molecule has 2 aromatic rings. The lowest BCUT2D eigenvalue weighted by Crippen LogP contribution is -2.21. The Kier molecular flexibility index (Phi) is 5.31. The topological polar surface area (TPSA) is 42.7 Å². The van der Waals surface area contributed by atoms with Gasteiger partial charge in [0.15, 0.2) is 0 Å². The van der Waals surface area contributed by atoms with Crippen LogP contribution in [0.25, 0.3) is 0 Å². The average molecular weight is 337 g/mol. The van der Waals surface area contributed by atoms with Gasteiger partial charge < -0.3 is 5.32 Å². The van der Waals surface area contributed by atoms with E-state index in [4.69, 9.17) is 0 Å². The van der Waals surface area contributed by atoms with Crippen molar-refractivity contribution in [2.75, 3.05) is 7.05 Å². The molecule has 2 rings (SSSR count). The number of nitrogens with one attached hydrogen (secondary N) is 1. The molecule has 1 atom stereocenters. The van der Waals surface area contributed by atoms with Crippen molar-refractivity contribution in [3.8, 4) is 0 Å². The Balaban J connectivity index is 2.21. The van der Waals surface area contributed by atoms with Crippen LogP contribution in [0.1, 0.15) is 37.0 Å². The fourth-order valence-electron chi connectivity index (χ4n) is 2.28. The van der Waals surface area contributed by atoms with Crippen LogP contribution in [0.2, 0.25) is 0 Å². The third-order valence-corrected chi connectivity index (χ3v) is 3.91. The Hall–Kier alpha value is -1.20. The van der Waals surface area contributed by atoms with Gasteiger partial charge in [0, 0.05) is 29.3 Å². The predicted molar refractivity (Wildman–Crippen MR) is 84.7 cm³/mol. The van der Waals surface area contributed by atoms with Gasteiger partial charge in [0.25, 0.3) is 0 Å². The number of nitrogens with zero attached hydrogens (tertiary/aromatic N) is 3. The maximum Gasteiger partial charge on any atom is 0.0624 e. The summed E-state index contributed by atoms with van der Waals surface area (Å²) in [6, 6.07) is 6.49. The molecule has 0 amide bonds. The third kappa shape index (κ3) is 3.46. The van der Waals surface area contributed by atoms with E-state index in [-0.39, 0.29) is 6.04 Å². The van der Waals surface area contributed by atoms with E-state index in [9.17, 15) is 0 Å². The molecule has 20 heavy (non-hydrogen) atoms. The van der Waals surface area contributed by atoms with E-state index in [1.54, 1.807) is 0 Å². The molecule has 0 aromatic carbocycles. The molecule has 0 aliphatic rings. The Bertz CT molecular complexity index is 548. The first-order valence-corrected chi connectivity index (χ1v) is 7.81. The van der Waals surface area contributed by atoms with E-state index in [0.29, 0.717) is 0 Å². The fourth-order valence-corrected chi connectivity index (χ4v) is 2.52. The number of halogens is 1. The predicted octanol–water partition coefficient (Wildman–Crippen LogP) is 3.13. The summed E-state index contributed by atoms with van der Waals surface area (Å²) in [6.45, 7) is 5.17. The Morgan fingerprint density at radius 1 is 1.35 bits per heavy atom. The smallest absolute Gasteiger partial charge is 0.0624 e. The molecule has 0 saturated carbocycles. The van der Waals surface area contributed by atoms with Crippen molar-refractivity contribution in [2.45, 2.75) is 39.3 Å². The molecule has 0 spiro atoms. The molecular formula is C15H21BrN4. The van der Waals surface area contributed by atoms with Crippen molar-refractivity contribution in [3.05, 3.63) is 46.0 Å². The van der Waals surface area contributed by atoms with Gasteiger partial charge in [-0.3, -0.25) is 9.67 Å². The van der Waals surface area contributed by atoms with Crippen LogP contribution in [-0.2, 0) is 19.4 Å². The molecule has 0 aliphatic heterocycles. The summed E-state index contributed by atoms with van der Waals surface area (Å²) >= 11 is 3.42. The largest absolute Gasteiger partial charge is 0.311 e. The number of likely N-dealkylation sites (N-methyl/N-ethyl adjacent to an activating group) is 1. The molecule has 0 aliphatic carbocycles. The van der Waals surface area contributed by atoms with Gasteiger partial charge in [-0.05, 0) is 54.5 Å². The molecule has 1 unspecified atom stereocenters. The Morgan fingerprint density at radius 2 is 2.15 bits per heavy atom. The molecule has 2 heterocycles. The molecule has 0 fully saturated rings. The van der Waals surface area contributed by atoms with E-state index in [1.807, 2.05) is 19.3 Å². The summed E-state index contributed by atoms with van der Waals surface area (Å²) in [7, 11) is 1.97. The van der Waals surface area contributed by atoms with Gasteiger partial charge in [0.1, 0.15) is 0 Å². The summed E-state index contributed by atoms with van der Waals surface area (Å²) in [6.07, 6.45) is 3.71. The van der Waals surface area contributed by atoms with Crippen LogP contribution in [0.4, 0.5) is 0 Å². The lowest BCUT2D eigenvalue weighted by molar-refractivity contribution is 0.531. The van der Waals surface area contributed by atoms with Gasteiger partial charge in [-0.25, -0.2) is 0 Å². The maximum absolute atomic E-state index is 4.60. The molecule has 0 bridgehead atoms. The monoisotopic (exact) mass is 336 g/mol. The van der Waals surface area contributed by atoms with E-state index >= 15 is 0 Å². The maximum atomic E-state index is 4.60. The van der Waals surface area contributed by atoms with Crippen molar-refractivity contribution >= 4 is 15.9 Å². The second-order valence-electron chi connectivity index (χ2n) is 4.74. The van der Waals surface area contributed by atoms with Gasteiger partial charge in [-0.1, -0.05) is 6.92 Å². The Morgan fingerprint density at radius 3 is 2.70 bits per heavy atom. The molecule has 0 radical (unpaired) electrons. The van der Waals surface area contributed by atoms with E-state index in [2.05, 4.69) is 62.0 Å². The summed E-state index contributed by atoms with van der Waals surface area (Å²) < 4.78 is 3.09. The second-order valence-corrected chi connectivity index (χ2v) is 5.66. The number of hydrogen-bond donors (Lipinski definition) is 1. The normalized spacial score (nSPS) is 12.6. The number of hydrogen-bond acceptors (Lipinski definition) is 3. The van der Waals surface area contributed by atoms with Crippen LogP contribution in [0.3, 0.4) is 0 Å². The zero-order valence-corrected chi connectivity index (χ0v) is 13.8. The van der Waals surface area contributed by atoms with E-state index in [1.165, 1.54) is 5.69 Å². The zero-order chi connectivity index (χ0) is 14.5. The summed E-state index contributed by atoms with van der Waals surface area (Å²) in [4.78, 5) is 4.49. The van der Waals surface area contributed by atoms with Crippen LogP contribution < -0.4 is 5.32 Å². The lowest BCUT2D eigenvalue weighted by atomic mass is 10.1. The minimum atomic E-state index is 0.204. The zero-order valence-electron chi connectivity index (χ0n) is 12.2. The molecule has 108 valence electrons. The second kappa shape index (κ2) is 6.99. The van der Waals surface area contributed by atoms with Crippen molar-refractivity contribution in [3.63, 3.8) is 0 Å². The highest BCUT2D eigenvalue weighted by atomic mass is 79.9. The first-order chi connectivity index (χ1) is 9.67. The highest BCUT2D eigenvalue weighted by molar-refractivity contribution is 9.10. The van der Waals surface area contributed by atoms with Gasteiger partial charge in [0.2, 0.25) is 0 Å². The molecule has 5 heteroatoms. The minimum absolute atomic E-state index is 0.204. The lowest BCUT2D eigenvalue weighted by Gasteiger charge is -2.16. The van der Waals surface area contributed by atoms with Crippen LogP contribution in [0.15, 0.2) is 28.9 Å². The van der Waals surface area contributed by atoms with Crippen LogP contribution >= 0.6 is 15.9 Å². The standard InChI is InChI=1S/C15H21BrN4/c1-4-12-8-13(20(5-2)19-12)9-15(17-3)14-7-6-11(16)10-18-14/h6-8,10,15,17H,4-5,9H2,1-3H3. The van der Waals surface area contributed by atoms with Crippen molar-refractivity contribution in [1.29, 1.82) is 0 Å². The van der Waals surface area contributed by atoms with Gasteiger partial charge >= 0.3 is 0 Å². The number of rotatable bonds is 6. The molecule has 1 N–H and O–H groups in total. The SMILES string of the molecule is CCc1cc(CC(NC)c2ccc(Br)cn2)n(CC)n1. The van der Waals surface area contributed by atoms with Crippen LogP contribution in [0, 0.1) is 0 Å². The summed E-state index contributed by atoms with van der Waals surface area (Å²) in [5.41, 5.74) is 3.46. The molecule has 2 aromatic heterocycles. The highest BCUT2D eigenvalue weighted by Gasteiger charge is 2.15. The quantitative estimate of drug-likeness (QED) is 0.881. The van der Waals surface area contributed by atoms with Gasteiger partial charge in [-0.15, -0.1) is 0 Å². The minimum Gasteiger partial charge on any atom is -0.311 e. The molecule has 0 saturated heterocycles. The van der Waals surface area contributed by atoms with Crippen LogP contribution in [0.5, 0.6) is 0 Å². The average Bonchev–Trinajstić information content (AvgIpc) is 2.88. The van der Waals surface area contributed by atoms with E-state index < -0.39 is 0 Å². The fraction of sp³-hybridized carbons (Fsp3) is 0.467. The van der Waals surface area contributed by atoms with Crippen molar-refractivity contribution in [1.82, 2.24) is 20.1 Å². The van der Waals surface area contributed by atoms with Crippen molar-refractivity contribution < 1.29 is 0 Å². The first kappa shape index (κ1) is 15.2. The highest BCUT2D eigenvalue weighted by Crippen LogP contribution is 2.19. The molecule has 4 nitrogen and oxygen atoms in total. The van der Waals surface area contributed by atoms with Gasteiger partial charge in [0.05, 0.1) is 17.4 Å². The summed E-state index contributed by atoms with van der Waals surface area (Å²) in [5, 5.41) is 7.95. The number of aromatic nitrogens is 3. The number of aryl methyl sites for hydroxylation is 2. The first-order valence-electron chi connectivity index (χ1n) is 7.02. The number of pyridine rings is 1. The Labute approximate surface area is 128 Å².